The minimum atomic E-state index is -1.09. The average Bonchev–Trinajstić information content (AvgIpc) is 3.68. The summed E-state index contributed by atoms with van der Waals surface area (Å²) in [5.74, 6) is -2.10. The molecule has 222 valence electrons. The van der Waals surface area contributed by atoms with E-state index in [0.29, 0.717) is 0 Å². The number of hydrogen-bond acceptors (Lipinski definition) is 7. The second-order valence-corrected chi connectivity index (χ2v) is 11.8. The summed E-state index contributed by atoms with van der Waals surface area (Å²) in [7, 11) is 0. The van der Waals surface area contributed by atoms with E-state index in [-0.39, 0.29) is 30.1 Å². The number of anilines is 1. The van der Waals surface area contributed by atoms with Crippen LogP contribution >= 0.6 is 0 Å². The van der Waals surface area contributed by atoms with Gasteiger partial charge >= 0.3 is 0 Å². The molecule has 1 aliphatic carbocycles. The SMILES string of the molecule is Cc1ccc(/C=C2\CCCC3C2=NN(C(=O)CN2N=NC4C(=O)N(c5cccc(F)c5)C(=O)C42)C3c2ccc(C)cc2)cc1. The smallest absolute Gasteiger partial charge is 0.264 e. The van der Waals surface area contributed by atoms with E-state index in [4.69, 9.17) is 5.10 Å². The predicted molar refractivity (Wildman–Crippen MR) is 163 cm³/mol. The molecule has 10 heteroatoms. The molecule has 4 atom stereocenters. The van der Waals surface area contributed by atoms with Crippen LogP contribution < -0.4 is 4.90 Å². The predicted octanol–water partition coefficient (Wildman–Crippen LogP) is 5.56. The molecule has 0 spiro atoms. The zero-order valence-corrected chi connectivity index (χ0v) is 24.4. The van der Waals surface area contributed by atoms with Gasteiger partial charge in [-0.1, -0.05) is 70.9 Å². The standard InChI is InChI=1S/C34H31FN6O3/c1-20-9-13-22(14-10-20)17-24-5-3-8-27-29(24)37-41(31(27)23-15-11-21(2)12-16-23)28(42)19-39-32-30(36-38-39)33(43)40(34(32)44)26-7-4-6-25(35)18-26/h4,6-7,9-18,27,30-32H,3,5,8,19H2,1-2H3/b24-17+. The normalized spacial score (nSPS) is 25.1. The minimum Gasteiger partial charge on any atom is -0.271 e. The summed E-state index contributed by atoms with van der Waals surface area (Å²) >= 11 is 0. The lowest BCUT2D eigenvalue weighted by atomic mass is 9.77. The van der Waals surface area contributed by atoms with Crippen LogP contribution in [0.5, 0.6) is 0 Å². The average molecular weight is 591 g/mol. The molecule has 1 saturated heterocycles. The highest BCUT2D eigenvalue weighted by atomic mass is 19.1. The second-order valence-electron chi connectivity index (χ2n) is 11.8. The first-order valence-corrected chi connectivity index (χ1v) is 14.8. The Morgan fingerprint density at radius 1 is 0.955 bits per heavy atom. The molecule has 4 unspecified atom stereocenters. The van der Waals surface area contributed by atoms with E-state index in [1.54, 1.807) is 0 Å². The highest BCUT2D eigenvalue weighted by Crippen LogP contribution is 2.45. The van der Waals surface area contributed by atoms with Crippen molar-refractivity contribution in [3.63, 3.8) is 0 Å². The summed E-state index contributed by atoms with van der Waals surface area (Å²) in [4.78, 5) is 41.6. The van der Waals surface area contributed by atoms with Gasteiger partial charge in [-0.05, 0) is 74.1 Å². The third-order valence-corrected chi connectivity index (χ3v) is 8.82. The number of imide groups is 1. The van der Waals surface area contributed by atoms with Gasteiger partial charge in [0.2, 0.25) is 0 Å². The Labute approximate surface area is 254 Å². The van der Waals surface area contributed by atoms with E-state index in [0.717, 1.165) is 58.2 Å². The number of benzene rings is 3. The van der Waals surface area contributed by atoms with Crippen molar-refractivity contribution in [2.45, 2.75) is 51.2 Å². The maximum Gasteiger partial charge on any atom is 0.264 e. The lowest BCUT2D eigenvalue weighted by molar-refractivity contribution is -0.136. The van der Waals surface area contributed by atoms with Crippen molar-refractivity contribution in [2.75, 3.05) is 11.4 Å². The van der Waals surface area contributed by atoms with Crippen LogP contribution in [-0.2, 0) is 14.4 Å². The maximum atomic E-state index is 14.1. The van der Waals surface area contributed by atoms with E-state index < -0.39 is 29.7 Å². The lowest BCUT2D eigenvalue weighted by Crippen LogP contribution is -2.45. The molecule has 0 N–H and O–H groups in total. The van der Waals surface area contributed by atoms with Crippen molar-refractivity contribution in [3.8, 4) is 0 Å². The zero-order valence-electron chi connectivity index (χ0n) is 24.4. The summed E-state index contributed by atoms with van der Waals surface area (Å²) in [5.41, 5.74) is 6.51. The van der Waals surface area contributed by atoms with Crippen molar-refractivity contribution in [2.24, 2.45) is 21.4 Å². The van der Waals surface area contributed by atoms with Gasteiger partial charge in [-0.25, -0.2) is 14.3 Å². The number of fused-ring (bicyclic) bond motifs is 2. The van der Waals surface area contributed by atoms with Gasteiger partial charge in [0.1, 0.15) is 12.4 Å². The molecule has 2 fully saturated rings. The Morgan fingerprint density at radius 2 is 1.68 bits per heavy atom. The molecule has 3 amide bonds. The third-order valence-electron chi connectivity index (χ3n) is 8.82. The fourth-order valence-corrected chi connectivity index (χ4v) is 6.60. The zero-order chi connectivity index (χ0) is 30.5. The quantitative estimate of drug-likeness (QED) is 0.364. The molecule has 1 saturated carbocycles. The number of rotatable bonds is 5. The van der Waals surface area contributed by atoms with Gasteiger partial charge in [0.25, 0.3) is 17.7 Å². The molecule has 7 rings (SSSR count). The number of allylic oxidation sites excluding steroid dienone is 1. The molecule has 3 heterocycles. The molecule has 9 nitrogen and oxygen atoms in total. The molecule has 0 aromatic heterocycles. The van der Waals surface area contributed by atoms with Crippen molar-refractivity contribution >= 4 is 35.2 Å². The third kappa shape index (κ3) is 4.80. The Kier molecular flexibility index (Phi) is 6.91. The van der Waals surface area contributed by atoms with E-state index in [1.165, 1.54) is 33.8 Å². The summed E-state index contributed by atoms with van der Waals surface area (Å²) in [6.07, 6.45) is 4.88. The first-order chi connectivity index (χ1) is 21.3. The summed E-state index contributed by atoms with van der Waals surface area (Å²) in [6.45, 7) is 3.79. The summed E-state index contributed by atoms with van der Waals surface area (Å²) in [5, 5.41) is 15.9. The monoisotopic (exact) mass is 590 g/mol. The van der Waals surface area contributed by atoms with Crippen LogP contribution in [0, 0.1) is 25.6 Å². The van der Waals surface area contributed by atoms with E-state index in [9.17, 15) is 18.8 Å². The van der Waals surface area contributed by atoms with Crippen LogP contribution in [0.3, 0.4) is 0 Å². The number of hydrogen-bond donors (Lipinski definition) is 0. The number of halogens is 1. The van der Waals surface area contributed by atoms with Gasteiger partial charge in [0.15, 0.2) is 12.1 Å². The van der Waals surface area contributed by atoms with Gasteiger partial charge in [0, 0.05) is 5.92 Å². The van der Waals surface area contributed by atoms with E-state index in [2.05, 4.69) is 47.6 Å². The van der Waals surface area contributed by atoms with Gasteiger partial charge in [-0.3, -0.25) is 19.4 Å². The Balaban J connectivity index is 1.19. The van der Waals surface area contributed by atoms with E-state index >= 15 is 0 Å². The Hall–Kier alpha value is -4.99. The van der Waals surface area contributed by atoms with Crippen LogP contribution in [0.25, 0.3) is 6.08 Å². The Morgan fingerprint density at radius 3 is 2.41 bits per heavy atom. The number of nitrogens with zero attached hydrogens (tertiary/aromatic N) is 6. The second kappa shape index (κ2) is 10.9. The number of hydrazone groups is 1. The molecule has 3 aliphatic heterocycles. The number of aryl methyl sites for hydroxylation is 2. The first kappa shape index (κ1) is 27.8. The van der Waals surface area contributed by atoms with Crippen LogP contribution in [0.15, 0.2) is 93.8 Å². The molecule has 0 radical (unpaired) electrons. The summed E-state index contributed by atoms with van der Waals surface area (Å²) in [6, 6.07) is 19.3. The van der Waals surface area contributed by atoms with Crippen LogP contribution in [0.1, 0.15) is 47.6 Å². The largest absolute Gasteiger partial charge is 0.271 e. The van der Waals surface area contributed by atoms with Gasteiger partial charge in [-0.2, -0.15) is 10.2 Å². The maximum absolute atomic E-state index is 14.1. The lowest BCUT2D eigenvalue weighted by Gasteiger charge is -2.30. The van der Waals surface area contributed by atoms with Crippen LogP contribution in [0.4, 0.5) is 10.1 Å². The fourth-order valence-electron chi connectivity index (χ4n) is 6.60. The van der Waals surface area contributed by atoms with Crippen molar-refractivity contribution in [3.05, 3.63) is 106 Å². The first-order valence-electron chi connectivity index (χ1n) is 14.8. The van der Waals surface area contributed by atoms with Crippen molar-refractivity contribution < 1.29 is 18.8 Å². The highest BCUT2D eigenvalue weighted by molar-refractivity contribution is 6.25. The highest BCUT2D eigenvalue weighted by Gasteiger charge is 2.55. The van der Waals surface area contributed by atoms with Gasteiger partial charge in [0.05, 0.1) is 17.4 Å². The molecule has 3 aromatic rings. The number of amides is 3. The molecule has 4 aliphatic rings. The molecule has 44 heavy (non-hydrogen) atoms. The van der Waals surface area contributed by atoms with Crippen molar-refractivity contribution in [1.82, 2.24) is 10.0 Å². The van der Waals surface area contributed by atoms with E-state index in [1.807, 2.05) is 31.2 Å². The summed E-state index contributed by atoms with van der Waals surface area (Å²) < 4.78 is 13.9. The van der Waals surface area contributed by atoms with Crippen molar-refractivity contribution in [1.29, 1.82) is 0 Å². The minimum absolute atomic E-state index is 0.0122. The van der Waals surface area contributed by atoms with Crippen LogP contribution in [-0.4, -0.2) is 52.1 Å². The topological polar surface area (TPSA) is 98.0 Å². The van der Waals surface area contributed by atoms with Gasteiger partial charge < -0.3 is 0 Å². The fraction of sp³-hybridized carbons (Fsp3) is 0.294. The number of carbonyl (C=O) groups excluding carboxylic acids is 3. The molecule has 0 bridgehead atoms. The Bertz CT molecular complexity index is 1750. The molecule has 3 aromatic carbocycles. The molecular formula is C34H31FN6O3. The van der Waals surface area contributed by atoms with Gasteiger partial charge in [-0.15, -0.1) is 0 Å². The molecular weight excluding hydrogens is 559 g/mol. The number of carbonyl (C=O) groups is 3. The van der Waals surface area contributed by atoms with Crippen LogP contribution in [0.2, 0.25) is 0 Å².